The van der Waals surface area contributed by atoms with Gasteiger partial charge in [-0.05, 0) is 12.5 Å². The molecule has 0 aliphatic carbocycles. The van der Waals surface area contributed by atoms with Crippen LogP contribution in [0.4, 0.5) is 0 Å². The molecule has 1 N–H and O–H groups in total. The second-order valence-electron chi connectivity index (χ2n) is 5.04. The molecule has 2 aromatic heterocycles. The summed E-state index contributed by atoms with van der Waals surface area (Å²) in [4.78, 5) is 11.1. The number of rotatable bonds is 5. The Morgan fingerprint density at radius 2 is 2.00 bits per heavy atom. The SMILES string of the molecule is C=C(C)S(=O)(=O)c1c[nH]c2ncnc(OCc3ccccc3)c12. The van der Waals surface area contributed by atoms with Crippen molar-refractivity contribution < 1.29 is 13.2 Å². The summed E-state index contributed by atoms with van der Waals surface area (Å²) in [6.07, 6.45) is 2.72. The number of ether oxygens (including phenoxy) is 1. The van der Waals surface area contributed by atoms with Gasteiger partial charge in [0.05, 0.1) is 5.39 Å². The molecule has 0 radical (unpaired) electrons. The van der Waals surface area contributed by atoms with Crippen LogP contribution in [0.1, 0.15) is 12.5 Å². The Balaban J connectivity index is 2.04. The van der Waals surface area contributed by atoms with Gasteiger partial charge < -0.3 is 9.72 Å². The lowest BCUT2D eigenvalue weighted by atomic mass is 10.2. The molecule has 0 fully saturated rings. The summed E-state index contributed by atoms with van der Waals surface area (Å²) in [5, 5.41) is 0.339. The predicted molar refractivity (Wildman–Crippen MR) is 86.7 cm³/mol. The van der Waals surface area contributed by atoms with E-state index in [4.69, 9.17) is 4.74 Å². The topological polar surface area (TPSA) is 84.9 Å². The molecule has 2 heterocycles. The summed E-state index contributed by atoms with van der Waals surface area (Å²) in [5.41, 5.74) is 1.36. The molecule has 6 nitrogen and oxygen atoms in total. The quantitative estimate of drug-likeness (QED) is 0.778. The number of aromatic amines is 1. The van der Waals surface area contributed by atoms with Crippen molar-refractivity contribution in [3.05, 3.63) is 59.9 Å². The van der Waals surface area contributed by atoms with Crippen LogP contribution in [-0.4, -0.2) is 23.4 Å². The molecule has 118 valence electrons. The van der Waals surface area contributed by atoms with Crippen molar-refractivity contribution in [2.24, 2.45) is 0 Å². The second kappa shape index (κ2) is 5.85. The van der Waals surface area contributed by atoms with Crippen LogP contribution in [0.25, 0.3) is 11.0 Å². The van der Waals surface area contributed by atoms with E-state index < -0.39 is 9.84 Å². The van der Waals surface area contributed by atoms with Gasteiger partial charge in [0.1, 0.15) is 23.5 Å². The minimum Gasteiger partial charge on any atom is -0.472 e. The maximum atomic E-state index is 12.4. The third kappa shape index (κ3) is 2.83. The van der Waals surface area contributed by atoms with E-state index in [9.17, 15) is 8.42 Å². The van der Waals surface area contributed by atoms with E-state index in [1.165, 1.54) is 19.4 Å². The van der Waals surface area contributed by atoms with Crippen molar-refractivity contribution in [3.8, 4) is 5.88 Å². The summed E-state index contributed by atoms with van der Waals surface area (Å²) in [6.45, 7) is 5.26. The molecule has 0 spiro atoms. The number of H-pyrrole nitrogens is 1. The standard InChI is InChI=1S/C16H15N3O3S/c1-11(2)23(20,21)13-8-17-15-14(13)16(19-10-18-15)22-9-12-6-4-3-5-7-12/h3-8,10H,1,9H2,2H3,(H,17,18,19). The van der Waals surface area contributed by atoms with Gasteiger partial charge in [0.25, 0.3) is 0 Å². The van der Waals surface area contributed by atoms with E-state index in [-0.39, 0.29) is 22.3 Å². The van der Waals surface area contributed by atoms with Crippen molar-refractivity contribution in [1.29, 1.82) is 0 Å². The average molecular weight is 329 g/mol. The van der Waals surface area contributed by atoms with Gasteiger partial charge in [-0.25, -0.2) is 18.4 Å². The smallest absolute Gasteiger partial charge is 0.227 e. The van der Waals surface area contributed by atoms with Crippen LogP contribution >= 0.6 is 0 Å². The molecule has 0 saturated heterocycles. The minimum absolute atomic E-state index is 0.0521. The van der Waals surface area contributed by atoms with Crippen LogP contribution in [0.3, 0.4) is 0 Å². The molecule has 0 amide bonds. The first-order valence-corrected chi connectivity index (χ1v) is 8.38. The van der Waals surface area contributed by atoms with Gasteiger partial charge >= 0.3 is 0 Å². The molecular weight excluding hydrogens is 314 g/mol. The monoisotopic (exact) mass is 329 g/mol. The van der Waals surface area contributed by atoms with Crippen molar-refractivity contribution in [2.75, 3.05) is 0 Å². The zero-order valence-electron chi connectivity index (χ0n) is 12.5. The van der Waals surface area contributed by atoms with E-state index in [1.807, 2.05) is 30.3 Å². The van der Waals surface area contributed by atoms with E-state index in [0.717, 1.165) is 5.56 Å². The normalized spacial score (nSPS) is 11.5. The number of hydrogen-bond donors (Lipinski definition) is 1. The molecule has 0 unspecified atom stereocenters. The first-order chi connectivity index (χ1) is 11.0. The highest BCUT2D eigenvalue weighted by molar-refractivity contribution is 7.95. The Kier molecular flexibility index (Phi) is 3.87. The van der Waals surface area contributed by atoms with Gasteiger partial charge in [0, 0.05) is 11.1 Å². The fourth-order valence-corrected chi connectivity index (χ4v) is 3.18. The summed E-state index contributed by atoms with van der Waals surface area (Å²) >= 11 is 0. The maximum Gasteiger partial charge on any atom is 0.227 e. The van der Waals surface area contributed by atoms with Crippen molar-refractivity contribution in [2.45, 2.75) is 18.4 Å². The Morgan fingerprint density at radius 3 is 2.70 bits per heavy atom. The van der Waals surface area contributed by atoms with Gasteiger partial charge in [-0.2, -0.15) is 0 Å². The molecule has 7 heteroatoms. The van der Waals surface area contributed by atoms with Crippen molar-refractivity contribution >= 4 is 20.9 Å². The zero-order valence-corrected chi connectivity index (χ0v) is 13.3. The van der Waals surface area contributed by atoms with Crippen LogP contribution in [0, 0.1) is 0 Å². The maximum absolute atomic E-state index is 12.4. The van der Waals surface area contributed by atoms with Gasteiger partial charge in [-0.15, -0.1) is 0 Å². The lowest BCUT2D eigenvalue weighted by molar-refractivity contribution is 0.297. The number of sulfone groups is 1. The average Bonchev–Trinajstić information content (AvgIpc) is 2.99. The molecule has 0 bridgehead atoms. The molecule has 0 atom stereocenters. The fourth-order valence-electron chi connectivity index (χ4n) is 2.14. The molecule has 3 rings (SSSR count). The number of aromatic nitrogens is 3. The van der Waals surface area contributed by atoms with E-state index in [2.05, 4.69) is 21.5 Å². The Morgan fingerprint density at radius 1 is 1.26 bits per heavy atom. The highest BCUT2D eigenvalue weighted by Gasteiger charge is 2.24. The first-order valence-electron chi connectivity index (χ1n) is 6.89. The lowest BCUT2D eigenvalue weighted by Crippen LogP contribution is -2.03. The summed E-state index contributed by atoms with van der Waals surface area (Å²) in [7, 11) is -3.65. The highest BCUT2D eigenvalue weighted by atomic mass is 32.2. The van der Waals surface area contributed by atoms with E-state index >= 15 is 0 Å². The second-order valence-corrected chi connectivity index (χ2v) is 7.18. The Labute approximate surface area is 133 Å². The summed E-state index contributed by atoms with van der Waals surface area (Å²) < 4.78 is 30.5. The third-order valence-corrected chi connectivity index (χ3v) is 5.18. The first kappa shape index (κ1) is 15.2. The molecule has 0 saturated carbocycles. The van der Waals surface area contributed by atoms with Gasteiger partial charge in [-0.3, -0.25) is 0 Å². The Hall–Kier alpha value is -2.67. The molecule has 0 aliphatic rings. The lowest BCUT2D eigenvalue weighted by Gasteiger charge is -2.08. The van der Waals surface area contributed by atoms with Crippen LogP contribution < -0.4 is 4.74 Å². The number of nitrogens with zero attached hydrogens (tertiary/aromatic N) is 2. The van der Waals surface area contributed by atoms with Crippen LogP contribution in [0.5, 0.6) is 5.88 Å². The summed E-state index contributed by atoms with van der Waals surface area (Å²) in [5.74, 6) is 0.222. The van der Waals surface area contributed by atoms with E-state index in [0.29, 0.717) is 11.0 Å². The number of allylic oxidation sites excluding steroid dienone is 1. The number of nitrogens with one attached hydrogen (secondary N) is 1. The summed E-state index contributed by atoms with van der Waals surface area (Å²) in [6, 6.07) is 9.56. The van der Waals surface area contributed by atoms with Crippen LogP contribution in [-0.2, 0) is 16.4 Å². The van der Waals surface area contributed by atoms with Gasteiger partial charge in [0.15, 0.2) is 0 Å². The molecular formula is C16H15N3O3S. The molecule has 23 heavy (non-hydrogen) atoms. The van der Waals surface area contributed by atoms with E-state index in [1.54, 1.807) is 0 Å². The Bertz CT molecular complexity index is 963. The number of fused-ring (bicyclic) bond motifs is 1. The van der Waals surface area contributed by atoms with Gasteiger partial charge in [0.2, 0.25) is 15.7 Å². The zero-order chi connectivity index (χ0) is 16.4. The van der Waals surface area contributed by atoms with Crippen LogP contribution in [0.15, 0.2) is 59.2 Å². The largest absolute Gasteiger partial charge is 0.472 e. The number of benzene rings is 1. The van der Waals surface area contributed by atoms with Crippen molar-refractivity contribution in [1.82, 2.24) is 15.0 Å². The van der Waals surface area contributed by atoms with Crippen molar-refractivity contribution in [3.63, 3.8) is 0 Å². The molecule has 3 aromatic rings. The molecule has 0 aliphatic heterocycles. The van der Waals surface area contributed by atoms with Gasteiger partial charge in [-0.1, -0.05) is 36.9 Å². The highest BCUT2D eigenvalue weighted by Crippen LogP contribution is 2.31. The number of hydrogen-bond acceptors (Lipinski definition) is 5. The predicted octanol–water partition coefficient (Wildman–Crippen LogP) is 2.84. The fraction of sp³-hybridized carbons (Fsp3) is 0.125. The third-order valence-electron chi connectivity index (χ3n) is 3.37. The molecule has 1 aromatic carbocycles. The van der Waals surface area contributed by atoms with Crippen LogP contribution in [0.2, 0.25) is 0 Å². The minimum atomic E-state index is -3.65.